The standard InChI is InChI=1S/C21H20ClN3O6/c1-10-3-5-12(8-13(10)22)25-20(28)17-18(11-4-6-15(30-2)14(26)7-11)24(9-16(23)27)31-19(17)21(25)29/h3-8,17-19,26H,9H2,1-2H3,(H2,23,27). The van der Waals surface area contributed by atoms with Crippen molar-refractivity contribution in [2.24, 2.45) is 11.7 Å². The summed E-state index contributed by atoms with van der Waals surface area (Å²) in [6, 6.07) is 8.64. The topological polar surface area (TPSA) is 122 Å². The number of aryl methyl sites for hydroxylation is 1. The molecule has 2 fully saturated rings. The van der Waals surface area contributed by atoms with Gasteiger partial charge in [0.2, 0.25) is 11.8 Å². The van der Waals surface area contributed by atoms with Gasteiger partial charge in [-0.25, -0.2) is 4.90 Å². The minimum absolute atomic E-state index is 0.151. The van der Waals surface area contributed by atoms with E-state index in [1.807, 2.05) is 6.92 Å². The lowest BCUT2D eigenvalue weighted by molar-refractivity contribution is -0.175. The smallest absolute Gasteiger partial charge is 0.265 e. The molecule has 0 spiro atoms. The number of amides is 3. The molecular formula is C21H20ClN3O6. The molecule has 2 aromatic carbocycles. The number of hydrogen-bond acceptors (Lipinski definition) is 7. The van der Waals surface area contributed by atoms with Crippen LogP contribution in [0.25, 0.3) is 0 Å². The van der Waals surface area contributed by atoms with Crippen LogP contribution in [0.2, 0.25) is 5.02 Å². The third-order valence-corrected chi connectivity index (χ3v) is 5.87. The summed E-state index contributed by atoms with van der Waals surface area (Å²) >= 11 is 6.18. The fourth-order valence-electron chi connectivity index (χ4n) is 4.00. The number of fused-ring (bicyclic) bond motifs is 1. The Morgan fingerprint density at radius 3 is 2.58 bits per heavy atom. The molecule has 3 N–H and O–H groups in total. The largest absolute Gasteiger partial charge is 0.504 e. The molecule has 0 radical (unpaired) electrons. The van der Waals surface area contributed by atoms with Gasteiger partial charge in [-0.1, -0.05) is 23.7 Å². The molecule has 31 heavy (non-hydrogen) atoms. The quantitative estimate of drug-likeness (QED) is 0.671. The summed E-state index contributed by atoms with van der Waals surface area (Å²) in [4.78, 5) is 44.8. The summed E-state index contributed by atoms with van der Waals surface area (Å²) in [5.41, 5.74) is 6.94. The number of benzene rings is 2. The van der Waals surface area contributed by atoms with E-state index in [0.717, 1.165) is 10.5 Å². The Hall–Kier alpha value is -3.14. The highest BCUT2D eigenvalue weighted by Crippen LogP contribution is 2.47. The van der Waals surface area contributed by atoms with Crippen LogP contribution in [0.1, 0.15) is 17.2 Å². The van der Waals surface area contributed by atoms with Crippen LogP contribution in [0.3, 0.4) is 0 Å². The number of halogens is 1. The molecule has 3 amide bonds. The maximum absolute atomic E-state index is 13.4. The molecule has 4 rings (SSSR count). The predicted molar refractivity (Wildman–Crippen MR) is 110 cm³/mol. The normalized spacial score (nSPS) is 23.3. The number of ether oxygens (including phenoxy) is 1. The molecule has 0 saturated carbocycles. The van der Waals surface area contributed by atoms with Crippen LogP contribution in [0.15, 0.2) is 36.4 Å². The third-order valence-electron chi connectivity index (χ3n) is 5.46. The summed E-state index contributed by atoms with van der Waals surface area (Å²) in [6.45, 7) is 1.48. The third kappa shape index (κ3) is 3.50. The van der Waals surface area contributed by atoms with Gasteiger partial charge in [0.1, 0.15) is 6.54 Å². The lowest BCUT2D eigenvalue weighted by Crippen LogP contribution is -2.40. The van der Waals surface area contributed by atoms with Crippen molar-refractivity contribution in [2.45, 2.75) is 19.1 Å². The maximum Gasteiger partial charge on any atom is 0.265 e. The van der Waals surface area contributed by atoms with Crippen molar-refractivity contribution < 1.29 is 29.1 Å². The fraction of sp³-hybridized carbons (Fsp3) is 0.286. The molecule has 9 nitrogen and oxygen atoms in total. The van der Waals surface area contributed by atoms with E-state index < -0.39 is 35.8 Å². The average molecular weight is 446 g/mol. The van der Waals surface area contributed by atoms with E-state index in [-0.39, 0.29) is 18.0 Å². The molecular weight excluding hydrogens is 426 g/mol. The zero-order valence-corrected chi connectivity index (χ0v) is 17.5. The second-order valence-corrected chi connectivity index (χ2v) is 7.82. The number of nitrogens with zero attached hydrogens (tertiary/aromatic N) is 2. The van der Waals surface area contributed by atoms with Crippen molar-refractivity contribution in [3.8, 4) is 11.5 Å². The summed E-state index contributed by atoms with van der Waals surface area (Å²) < 4.78 is 5.06. The number of nitrogens with two attached hydrogens (primary N) is 1. The van der Waals surface area contributed by atoms with E-state index in [1.165, 1.54) is 24.3 Å². The summed E-state index contributed by atoms with van der Waals surface area (Å²) in [5, 5.41) is 11.8. The van der Waals surface area contributed by atoms with Gasteiger partial charge >= 0.3 is 0 Å². The number of aromatic hydroxyl groups is 1. The van der Waals surface area contributed by atoms with Gasteiger partial charge in [0.25, 0.3) is 5.91 Å². The SMILES string of the molecule is COc1ccc(C2C3C(=O)N(c4ccc(C)c(Cl)c4)C(=O)C3ON2CC(N)=O)cc1O. The molecule has 0 aliphatic carbocycles. The molecule has 0 aromatic heterocycles. The van der Waals surface area contributed by atoms with Crippen LogP contribution in [-0.2, 0) is 19.2 Å². The Morgan fingerprint density at radius 1 is 1.23 bits per heavy atom. The number of anilines is 1. The highest BCUT2D eigenvalue weighted by molar-refractivity contribution is 6.32. The first kappa shape index (κ1) is 21.1. The number of phenolic OH excluding ortho intramolecular Hbond substituents is 1. The molecule has 2 saturated heterocycles. The highest BCUT2D eigenvalue weighted by Gasteiger charge is 2.60. The number of primary amides is 1. The molecule has 0 bridgehead atoms. The molecule has 2 aliphatic rings. The van der Waals surface area contributed by atoms with Gasteiger partial charge in [0.05, 0.1) is 24.8 Å². The average Bonchev–Trinajstić information content (AvgIpc) is 3.19. The zero-order valence-electron chi connectivity index (χ0n) is 16.7. The van der Waals surface area contributed by atoms with Crippen LogP contribution in [0.4, 0.5) is 5.69 Å². The van der Waals surface area contributed by atoms with Crippen molar-refractivity contribution >= 4 is 35.0 Å². The molecule has 2 heterocycles. The van der Waals surface area contributed by atoms with Gasteiger partial charge < -0.3 is 15.6 Å². The van der Waals surface area contributed by atoms with Gasteiger partial charge in [-0.3, -0.25) is 19.2 Å². The number of hydroxylamine groups is 2. The Morgan fingerprint density at radius 2 is 1.97 bits per heavy atom. The van der Waals surface area contributed by atoms with Gasteiger partial charge in [0, 0.05) is 5.02 Å². The van der Waals surface area contributed by atoms with E-state index in [2.05, 4.69) is 0 Å². The number of methoxy groups -OCH3 is 1. The Balaban J connectivity index is 1.75. The Bertz CT molecular complexity index is 1090. The highest BCUT2D eigenvalue weighted by atomic mass is 35.5. The van der Waals surface area contributed by atoms with Gasteiger partial charge in [0.15, 0.2) is 17.6 Å². The number of carbonyl (C=O) groups excluding carboxylic acids is 3. The van der Waals surface area contributed by atoms with Crippen molar-refractivity contribution in [3.63, 3.8) is 0 Å². The van der Waals surface area contributed by atoms with E-state index in [1.54, 1.807) is 24.3 Å². The second kappa shape index (κ2) is 7.84. The van der Waals surface area contributed by atoms with Crippen molar-refractivity contribution in [1.29, 1.82) is 0 Å². The van der Waals surface area contributed by atoms with E-state index in [0.29, 0.717) is 16.3 Å². The molecule has 10 heteroatoms. The van der Waals surface area contributed by atoms with Gasteiger partial charge in [-0.15, -0.1) is 0 Å². The van der Waals surface area contributed by atoms with E-state index >= 15 is 0 Å². The molecule has 3 atom stereocenters. The van der Waals surface area contributed by atoms with Crippen LogP contribution in [-0.4, -0.2) is 47.6 Å². The summed E-state index contributed by atoms with van der Waals surface area (Å²) in [6.07, 6.45) is -1.14. The van der Waals surface area contributed by atoms with Crippen LogP contribution in [0, 0.1) is 12.8 Å². The molecule has 3 unspecified atom stereocenters. The lowest BCUT2D eigenvalue weighted by atomic mass is 9.90. The number of imide groups is 1. The van der Waals surface area contributed by atoms with Crippen molar-refractivity contribution in [1.82, 2.24) is 5.06 Å². The fourth-order valence-corrected chi connectivity index (χ4v) is 4.17. The Labute approximate surface area is 182 Å². The second-order valence-electron chi connectivity index (χ2n) is 7.41. The first-order valence-electron chi connectivity index (χ1n) is 9.45. The minimum Gasteiger partial charge on any atom is -0.504 e. The molecule has 2 aromatic rings. The number of phenols is 1. The van der Waals surface area contributed by atoms with Gasteiger partial charge in [-0.05, 0) is 42.3 Å². The lowest BCUT2D eigenvalue weighted by Gasteiger charge is -2.26. The first-order chi connectivity index (χ1) is 14.7. The van der Waals surface area contributed by atoms with Crippen LogP contribution in [0.5, 0.6) is 11.5 Å². The minimum atomic E-state index is -1.14. The number of rotatable bonds is 5. The van der Waals surface area contributed by atoms with E-state index in [4.69, 9.17) is 26.9 Å². The number of hydrogen-bond donors (Lipinski definition) is 2. The molecule has 162 valence electrons. The van der Waals surface area contributed by atoms with Crippen molar-refractivity contribution in [2.75, 3.05) is 18.6 Å². The van der Waals surface area contributed by atoms with Crippen LogP contribution >= 0.6 is 11.6 Å². The van der Waals surface area contributed by atoms with E-state index in [9.17, 15) is 19.5 Å². The monoisotopic (exact) mass is 445 g/mol. The zero-order chi connectivity index (χ0) is 22.4. The predicted octanol–water partition coefficient (Wildman–Crippen LogP) is 1.69. The van der Waals surface area contributed by atoms with Crippen LogP contribution < -0.4 is 15.4 Å². The first-order valence-corrected chi connectivity index (χ1v) is 9.83. The maximum atomic E-state index is 13.4. The van der Waals surface area contributed by atoms with Gasteiger partial charge in [-0.2, -0.15) is 5.06 Å². The summed E-state index contributed by atoms with van der Waals surface area (Å²) in [7, 11) is 1.41. The summed E-state index contributed by atoms with van der Waals surface area (Å²) in [5.74, 6) is -2.61. The molecule has 2 aliphatic heterocycles. The van der Waals surface area contributed by atoms with Crippen molar-refractivity contribution in [3.05, 3.63) is 52.5 Å². The Kier molecular flexibility index (Phi) is 5.34. The number of carbonyl (C=O) groups is 3.